The predicted molar refractivity (Wildman–Crippen MR) is 116 cm³/mol. The van der Waals surface area contributed by atoms with Crippen molar-refractivity contribution in [1.82, 2.24) is 24.8 Å². The summed E-state index contributed by atoms with van der Waals surface area (Å²) in [6.45, 7) is 2.60. The summed E-state index contributed by atoms with van der Waals surface area (Å²) in [6.07, 6.45) is 1.68. The van der Waals surface area contributed by atoms with E-state index in [-0.39, 0.29) is 5.91 Å². The fraction of sp³-hybridized carbons (Fsp3) is 0.182. The molecule has 1 saturated heterocycles. The Morgan fingerprint density at radius 2 is 1.67 bits per heavy atom. The van der Waals surface area contributed by atoms with Gasteiger partial charge in [-0.05, 0) is 24.3 Å². The minimum Gasteiger partial charge on any atom is -0.382 e. The number of amides is 1. The molecule has 0 aliphatic carbocycles. The fourth-order valence-corrected chi connectivity index (χ4v) is 3.68. The average molecular weight is 399 g/mol. The van der Waals surface area contributed by atoms with Gasteiger partial charge >= 0.3 is 0 Å². The minimum absolute atomic E-state index is 0.0570. The Bertz CT molecular complexity index is 1160. The summed E-state index contributed by atoms with van der Waals surface area (Å²) in [5.41, 5.74) is 9.12. The molecule has 0 saturated carbocycles. The van der Waals surface area contributed by atoms with E-state index in [4.69, 9.17) is 10.7 Å². The number of H-pyrrole nitrogens is 1. The van der Waals surface area contributed by atoms with Gasteiger partial charge in [-0.1, -0.05) is 30.3 Å². The quantitative estimate of drug-likeness (QED) is 0.549. The van der Waals surface area contributed by atoms with E-state index in [9.17, 15) is 4.79 Å². The van der Waals surface area contributed by atoms with Crippen molar-refractivity contribution < 1.29 is 4.79 Å². The third kappa shape index (κ3) is 3.32. The number of benzene rings is 2. The first-order valence-corrected chi connectivity index (χ1v) is 9.86. The number of rotatable bonds is 3. The highest BCUT2D eigenvalue weighted by Gasteiger charge is 2.24. The lowest BCUT2D eigenvalue weighted by molar-refractivity contribution is 0.0746. The van der Waals surface area contributed by atoms with Crippen molar-refractivity contribution in [2.75, 3.05) is 36.8 Å². The lowest BCUT2D eigenvalue weighted by Crippen LogP contribution is -2.49. The largest absolute Gasteiger partial charge is 0.382 e. The van der Waals surface area contributed by atoms with Crippen molar-refractivity contribution >= 4 is 28.6 Å². The van der Waals surface area contributed by atoms with Gasteiger partial charge in [0.05, 0.1) is 17.2 Å². The van der Waals surface area contributed by atoms with Crippen LogP contribution in [0.3, 0.4) is 0 Å². The average Bonchev–Trinajstić information content (AvgIpc) is 3.24. The van der Waals surface area contributed by atoms with E-state index in [1.165, 1.54) is 0 Å². The molecule has 0 radical (unpaired) electrons. The Morgan fingerprint density at radius 1 is 0.933 bits per heavy atom. The first-order chi connectivity index (χ1) is 14.7. The number of anilines is 2. The van der Waals surface area contributed by atoms with Crippen LogP contribution >= 0.6 is 0 Å². The number of nitrogens with two attached hydrogens (primary N) is 1. The molecule has 4 aromatic rings. The number of hydrogen-bond donors (Lipinski definition) is 2. The number of aromatic nitrogens is 4. The summed E-state index contributed by atoms with van der Waals surface area (Å²) in [5, 5.41) is 0. The standard InChI is InChI=1S/C22H21N7O/c23-20-19(21-25-16-8-4-5-9-17(16)26-21)27-18(14-24-20)28-10-12-29(13-11-28)22(30)15-6-2-1-3-7-15/h1-9,14H,10-13H2,(H2,23,24)(H,25,26). The maximum Gasteiger partial charge on any atom is 0.253 e. The number of nitrogens with one attached hydrogen (secondary N) is 1. The Morgan fingerprint density at radius 3 is 2.43 bits per heavy atom. The second-order valence-corrected chi connectivity index (χ2v) is 7.21. The number of nitrogen functional groups attached to an aromatic ring is 1. The molecule has 1 fully saturated rings. The van der Waals surface area contributed by atoms with Gasteiger partial charge in [-0.2, -0.15) is 0 Å². The molecule has 150 valence electrons. The van der Waals surface area contributed by atoms with E-state index in [0.717, 1.165) is 16.9 Å². The Labute approximate surface area is 173 Å². The number of fused-ring (bicyclic) bond motifs is 1. The minimum atomic E-state index is 0.0570. The second kappa shape index (κ2) is 7.47. The molecule has 5 rings (SSSR count). The molecule has 1 aliphatic rings. The lowest BCUT2D eigenvalue weighted by atomic mass is 10.2. The van der Waals surface area contributed by atoms with Crippen molar-refractivity contribution in [2.24, 2.45) is 0 Å². The van der Waals surface area contributed by atoms with Gasteiger partial charge in [-0.3, -0.25) is 4.79 Å². The molecule has 2 aromatic heterocycles. The molecular formula is C22H21N7O. The summed E-state index contributed by atoms with van der Waals surface area (Å²) in [6, 6.07) is 17.2. The maximum atomic E-state index is 12.7. The topological polar surface area (TPSA) is 104 Å². The molecule has 3 N–H and O–H groups in total. The van der Waals surface area contributed by atoms with Gasteiger partial charge in [-0.25, -0.2) is 15.0 Å². The highest BCUT2D eigenvalue weighted by Crippen LogP contribution is 2.25. The first-order valence-electron chi connectivity index (χ1n) is 9.86. The SMILES string of the molecule is Nc1ncc(N2CCN(C(=O)c3ccccc3)CC2)nc1-c1nc2ccccc2[nH]1. The number of imidazole rings is 1. The molecule has 1 amide bonds. The van der Waals surface area contributed by atoms with Gasteiger partial charge in [0.2, 0.25) is 0 Å². The normalized spacial score (nSPS) is 14.3. The van der Waals surface area contributed by atoms with E-state index in [2.05, 4.69) is 19.9 Å². The number of carbonyl (C=O) groups is 1. The zero-order valence-corrected chi connectivity index (χ0v) is 16.3. The van der Waals surface area contributed by atoms with E-state index in [0.29, 0.717) is 49.1 Å². The van der Waals surface area contributed by atoms with Crippen LogP contribution in [0.2, 0.25) is 0 Å². The van der Waals surface area contributed by atoms with Gasteiger partial charge in [-0.15, -0.1) is 0 Å². The highest BCUT2D eigenvalue weighted by molar-refractivity contribution is 5.94. The van der Waals surface area contributed by atoms with Gasteiger partial charge in [0.25, 0.3) is 5.91 Å². The third-order valence-corrected chi connectivity index (χ3v) is 5.31. The molecule has 8 heteroatoms. The van der Waals surface area contributed by atoms with Crippen LogP contribution in [-0.2, 0) is 0 Å². The Balaban J connectivity index is 1.35. The van der Waals surface area contributed by atoms with E-state index in [1.54, 1.807) is 6.20 Å². The van der Waals surface area contributed by atoms with Crippen molar-refractivity contribution in [1.29, 1.82) is 0 Å². The van der Waals surface area contributed by atoms with Gasteiger partial charge in [0.15, 0.2) is 17.3 Å². The van der Waals surface area contributed by atoms with Crippen LogP contribution in [0.25, 0.3) is 22.6 Å². The van der Waals surface area contributed by atoms with E-state index >= 15 is 0 Å². The molecule has 0 spiro atoms. The van der Waals surface area contributed by atoms with Crippen LogP contribution in [-0.4, -0.2) is 56.9 Å². The zero-order chi connectivity index (χ0) is 20.5. The van der Waals surface area contributed by atoms with Crippen LogP contribution in [0, 0.1) is 0 Å². The van der Waals surface area contributed by atoms with Crippen molar-refractivity contribution in [3.63, 3.8) is 0 Å². The summed E-state index contributed by atoms with van der Waals surface area (Å²) >= 11 is 0. The molecule has 0 atom stereocenters. The summed E-state index contributed by atoms with van der Waals surface area (Å²) in [4.78, 5) is 33.6. The maximum absolute atomic E-state index is 12.7. The second-order valence-electron chi connectivity index (χ2n) is 7.21. The highest BCUT2D eigenvalue weighted by atomic mass is 16.2. The number of para-hydroxylation sites is 2. The lowest BCUT2D eigenvalue weighted by Gasteiger charge is -2.35. The van der Waals surface area contributed by atoms with Crippen molar-refractivity contribution in [2.45, 2.75) is 0 Å². The number of hydrogen-bond acceptors (Lipinski definition) is 6. The van der Waals surface area contributed by atoms with Gasteiger partial charge in [0.1, 0.15) is 5.82 Å². The van der Waals surface area contributed by atoms with E-state index in [1.807, 2.05) is 59.5 Å². The smallest absolute Gasteiger partial charge is 0.253 e. The van der Waals surface area contributed by atoms with Gasteiger partial charge < -0.3 is 20.5 Å². The zero-order valence-electron chi connectivity index (χ0n) is 16.3. The summed E-state index contributed by atoms with van der Waals surface area (Å²) < 4.78 is 0. The number of carbonyl (C=O) groups excluding carboxylic acids is 1. The Kier molecular flexibility index (Phi) is 4.51. The van der Waals surface area contributed by atoms with Gasteiger partial charge in [0, 0.05) is 31.7 Å². The fourth-order valence-electron chi connectivity index (χ4n) is 3.68. The molecular weight excluding hydrogens is 378 g/mol. The van der Waals surface area contributed by atoms with Crippen LogP contribution < -0.4 is 10.6 Å². The Hall–Kier alpha value is -3.94. The molecule has 1 aliphatic heterocycles. The molecule has 0 bridgehead atoms. The molecule has 30 heavy (non-hydrogen) atoms. The van der Waals surface area contributed by atoms with Crippen LogP contribution in [0.4, 0.5) is 11.6 Å². The van der Waals surface area contributed by atoms with Crippen LogP contribution in [0.5, 0.6) is 0 Å². The molecule has 0 unspecified atom stereocenters. The molecule has 3 heterocycles. The van der Waals surface area contributed by atoms with E-state index < -0.39 is 0 Å². The van der Waals surface area contributed by atoms with Crippen LogP contribution in [0.15, 0.2) is 60.8 Å². The summed E-state index contributed by atoms with van der Waals surface area (Å²) in [7, 11) is 0. The molecule has 2 aromatic carbocycles. The number of nitrogens with zero attached hydrogens (tertiary/aromatic N) is 5. The van der Waals surface area contributed by atoms with Crippen molar-refractivity contribution in [3.8, 4) is 11.5 Å². The predicted octanol–water partition coefficient (Wildman–Crippen LogP) is 2.56. The number of aromatic amines is 1. The monoisotopic (exact) mass is 399 g/mol. The summed E-state index contributed by atoms with van der Waals surface area (Å²) in [5.74, 6) is 1.71. The number of piperazine rings is 1. The van der Waals surface area contributed by atoms with Crippen LogP contribution in [0.1, 0.15) is 10.4 Å². The van der Waals surface area contributed by atoms with Crippen molar-refractivity contribution in [3.05, 3.63) is 66.4 Å². The first kappa shape index (κ1) is 18.1. The third-order valence-electron chi connectivity index (χ3n) is 5.31. The molecule has 8 nitrogen and oxygen atoms in total.